The van der Waals surface area contributed by atoms with Gasteiger partial charge in [-0.2, -0.15) is 0 Å². The number of carboxylic acids is 1. The van der Waals surface area contributed by atoms with E-state index >= 15 is 0 Å². The number of halogens is 2. The number of phenols is 1. The van der Waals surface area contributed by atoms with Gasteiger partial charge in [-0.3, -0.25) is 14.4 Å². The van der Waals surface area contributed by atoms with Crippen molar-refractivity contribution in [3.8, 4) is 11.5 Å². The number of carbonyl (C=O) groups excluding carboxylic acids is 3. The molecule has 1 unspecified atom stereocenters. The summed E-state index contributed by atoms with van der Waals surface area (Å²) in [5, 5.41) is 32.8. The average molecular weight is 819 g/mol. The molecular weight excluding hydrogens is 792 g/mol. The predicted molar refractivity (Wildman–Crippen MR) is 181 cm³/mol. The average Bonchev–Trinajstić information content (AvgIpc) is 2.99. The van der Waals surface area contributed by atoms with Crippen molar-refractivity contribution in [2.75, 3.05) is 11.9 Å². The number of carbonyl (C=O) groups is 4. The molecule has 4 aromatic carbocycles. The fourth-order valence-electron chi connectivity index (χ4n) is 4.64. The summed E-state index contributed by atoms with van der Waals surface area (Å²) in [6, 6.07) is 20.0. The van der Waals surface area contributed by atoms with Gasteiger partial charge >= 0.3 is 5.97 Å². The number of Topliss-reactive ketones (excluding diaryl/α,β-unsaturated/α-hetero) is 1. The fraction of sp³-hybridized carbons (Fsp3) is 0.152. The van der Waals surface area contributed by atoms with Crippen molar-refractivity contribution >= 4 is 74.3 Å². The van der Waals surface area contributed by atoms with Crippen LogP contribution >= 0.6 is 45.2 Å². The van der Waals surface area contributed by atoms with Crippen molar-refractivity contribution < 1.29 is 39.2 Å². The van der Waals surface area contributed by atoms with Crippen LogP contribution in [0.15, 0.2) is 78.9 Å². The van der Waals surface area contributed by atoms with Crippen LogP contribution in [0.2, 0.25) is 0 Å². The van der Waals surface area contributed by atoms with Gasteiger partial charge in [-0.05, 0) is 111 Å². The summed E-state index contributed by atoms with van der Waals surface area (Å²) in [7, 11) is 0. The highest BCUT2D eigenvalue weighted by molar-refractivity contribution is 14.1. The van der Waals surface area contributed by atoms with Gasteiger partial charge in [0.05, 0.1) is 7.14 Å². The second kappa shape index (κ2) is 14.3. The Bertz CT molecular complexity index is 1710. The Hall–Kier alpha value is -3.82. The highest BCUT2D eigenvalue weighted by Gasteiger charge is 2.29. The highest BCUT2D eigenvalue weighted by Crippen LogP contribution is 2.36. The maximum absolute atomic E-state index is 14.2. The molecule has 44 heavy (non-hydrogen) atoms. The molecule has 0 fully saturated rings. The molecule has 0 bridgehead atoms. The number of benzene rings is 4. The number of anilines is 1. The van der Waals surface area contributed by atoms with Crippen molar-refractivity contribution in [3.05, 3.63) is 119 Å². The molecule has 226 valence electrons. The molecule has 1 amide bonds. The standard InChI is InChI=1S/C33H27I2NO8/c1-17(2)28-23(29(40)20-12-25(34)32(26(35)13-20)44-16-27(38)39)14-21(36-33(43)19-8-10-22(37)11-9-19)15-24(28)31(42)30(41)18-6-4-3-5-7-18/h3-15,17,31,37,42H,16H2,1-2H3,(H,36,43)(H,38,39). The molecule has 11 heteroatoms. The lowest BCUT2D eigenvalue weighted by molar-refractivity contribution is -0.139. The maximum Gasteiger partial charge on any atom is 0.341 e. The van der Waals surface area contributed by atoms with Gasteiger partial charge in [0.25, 0.3) is 5.91 Å². The van der Waals surface area contributed by atoms with E-state index in [1.807, 2.05) is 59.0 Å². The summed E-state index contributed by atoms with van der Waals surface area (Å²) in [5.41, 5.74) is 1.74. The second-order valence-corrected chi connectivity index (χ2v) is 12.4. The number of rotatable bonds is 11. The van der Waals surface area contributed by atoms with E-state index in [1.165, 1.54) is 36.4 Å². The fourth-order valence-corrected chi connectivity index (χ4v) is 6.72. The Morgan fingerprint density at radius 2 is 1.45 bits per heavy atom. The van der Waals surface area contributed by atoms with Crippen LogP contribution in [0.1, 0.15) is 73.6 Å². The highest BCUT2D eigenvalue weighted by atomic mass is 127. The molecule has 0 spiro atoms. The van der Waals surface area contributed by atoms with Crippen LogP contribution in [-0.4, -0.2) is 45.4 Å². The molecule has 0 aliphatic rings. The summed E-state index contributed by atoms with van der Waals surface area (Å²) >= 11 is 3.93. The molecule has 0 radical (unpaired) electrons. The number of amides is 1. The van der Waals surface area contributed by atoms with Crippen LogP contribution in [0.4, 0.5) is 5.69 Å². The molecular formula is C33H27I2NO8. The van der Waals surface area contributed by atoms with Crippen molar-refractivity contribution in [3.63, 3.8) is 0 Å². The zero-order chi connectivity index (χ0) is 32.1. The SMILES string of the molecule is CC(C)c1c(C(=O)c2cc(I)c(OCC(=O)O)c(I)c2)cc(NC(=O)c2ccc(O)cc2)cc1C(O)C(=O)c1ccccc1. The number of ether oxygens (including phenoxy) is 1. The van der Waals surface area contributed by atoms with Gasteiger partial charge in [0.1, 0.15) is 17.6 Å². The van der Waals surface area contributed by atoms with E-state index in [0.29, 0.717) is 18.5 Å². The van der Waals surface area contributed by atoms with Gasteiger partial charge in [0.15, 0.2) is 18.2 Å². The summed E-state index contributed by atoms with van der Waals surface area (Å²) < 4.78 is 6.43. The number of hydrogen-bond donors (Lipinski definition) is 4. The van der Waals surface area contributed by atoms with E-state index in [4.69, 9.17) is 9.84 Å². The van der Waals surface area contributed by atoms with Gasteiger partial charge in [-0.25, -0.2) is 4.79 Å². The molecule has 4 aromatic rings. The number of phenolic OH excluding ortho intramolecular Hbond substituents is 1. The monoisotopic (exact) mass is 819 g/mol. The number of aliphatic hydroxyl groups is 1. The van der Waals surface area contributed by atoms with Gasteiger partial charge < -0.3 is 25.4 Å². The van der Waals surface area contributed by atoms with E-state index in [9.17, 15) is 29.4 Å². The molecule has 0 aromatic heterocycles. The van der Waals surface area contributed by atoms with Gasteiger partial charge in [0.2, 0.25) is 0 Å². The molecule has 0 saturated carbocycles. The van der Waals surface area contributed by atoms with Crippen molar-refractivity contribution in [1.29, 1.82) is 0 Å². The van der Waals surface area contributed by atoms with Crippen LogP contribution in [-0.2, 0) is 4.79 Å². The number of nitrogens with one attached hydrogen (secondary N) is 1. The van der Waals surface area contributed by atoms with E-state index < -0.39 is 36.2 Å². The quantitative estimate of drug-likeness (QED) is 0.0979. The number of aliphatic hydroxyl groups excluding tert-OH is 1. The first-order chi connectivity index (χ1) is 20.9. The normalized spacial score (nSPS) is 11.6. The minimum Gasteiger partial charge on any atom is -0.508 e. The number of aliphatic carboxylic acids is 1. The molecule has 0 saturated heterocycles. The van der Waals surface area contributed by atoms with E-state index in [0.717, 1.165) is 0 Å². The molecule has 4 N–H and O–H groups in total. The number of ketones is 2. The topological polar surface area (TPSA) is 150 Å². The maximum atomic E-state index is 14.2. The van der Waals surface area contributed by atoms with Gasteiger partial charge in [-0.15, -0.1) is 0 Å². The molecule has 4 rings (SSSR count). The molecule has 0 aliphatic heterocycles. The Balaban J connectivity index is 1.86. The van der Waals surface area contributed by atoms with Crippen molar-refractivity contribution in [2.24, 2.45) is 0 Å². The van der Waals surface area contributed by atoms with Crippen molar-refractivity contribution in [1.82, 2.24) is 0 Å². The van der Waals surface area contributed by atoms with Crippen LogP contribution in [0.3, 0.4) is 0 Å². The summed E-state index contributed by atoms with van der Waals surface area (Å²) in [6.07, 6.45) is -1.64. The lowest BCUT2D eigenvalue weighted by Gasteiger charge is -2.23. The number of hydrogen-bond acceptors (Lipinski definition) is 7. The zero-order valence-corrected chi connectivity index (χ0v) is 27.8. The number of aromatic hydroxyl groups is 1. The first kappa shape index (κ1) is 33.1. The van der Waals surface area contributed by atoms with E-state index in [2.05, 4.69) is 5.32 Å². The first-order valence-corrected chi connectivity index (χ1v) is 15.5. The first-order valence-electron chi connectivity index (χ1n) is 13.3. The zero-order valence-electron chi connectivity index (χ0n) is 23.5. The van der Waals surface area contributed by atoms with Crippen LogP contribution < -0.4 is 10.1 Å². The Labute approximate surface area is 280 Å². The molecule has 1 atom stereocenters. The van der Waals surface area contributed by atoms with Crippen molar-refractivity contribution in [2.45, 2.75) is 25.9 Å². The third-order valence-electron chi connectivity index (χ3n) is 6.62. The predicted octanol–water partition coefficient (Wildman–Crippen LogP) is 6.59. The van der Waals surface area contributed by atoms with Crippen LogP contribution in [0.5, 0.6) is 11.5 Å². The second-order valence-electron chi connectivity index (χ2n) is 10.1. The minimum absolute atomic E-state index is 0.0100. The van der Waals surface area contributed by atoms with Crippen LogP contribution in [0, 0.1) is 7.14 Å². The van der Waals surface area contributed by atoms with E-state index in [-0.39, 0.29) is 45.2 Å². The summed E-state index contributed by atoms with van der Waals surface area (Å²) in [6.45, 7) is 3.12. The molecule has 0 heterocycles. The minimum atomic E-state index is -1.64. The third kappa shape index (κ3) is 7.63. The molecule has 9 nitrogen and oxygen atoms in total. The molecule has 0 aliphatic carbocycles. The largest absolute Gasteiger partial charge is 0.508 e. The Kier molecular flexibility index (Phi) is 10.8. The van der Waals surface area contributed by atoms with E-state index in [1.54, 1.807) is 42.5 Å². The van der Waals surface area contributed by atoms with Crippen LogP contribution in [0.25, 0.3) is 0 Å². The lowest BCUT2D eigenvalue weighted by Crippen LogP contribution is -2.20. The van der Waals surface area contributed by atoms with Gasteiger partial charge in [-0.1, -0.05) is 44.2 Å². The summed E-state index contributed by atoms with van der Waals surface area (Å²) in [5.74, 6) is -2.67. The third-order valence-corrected chi connectivity index (χ3v) is 8.23. The Morgan fingerprint density at radius 1 is 0.841 bits per heavy atom. The summed E-state index contributed by atoms with van der Waals surface area (Å²) in [4.78, 5) is 51.7. The lowest BCUT2D eigenvalue weighted by atomic mass is 9.84. The smallest absolute Gasteiger partial charge is 0.341 e. The Morgan fingerprint density at radius 3 is 2.02 bits per heavy atom. The number of carboxylic acid groups (broad SMARTS) is 1. The van der Waals surface area contributed by atoms with Gasteiger partial charge in [0, 0.05) is 27.9 Å².